The smallest absolute Gasteiger partial charge is 0.288 e. The molecule has 0 aliphatic carbocycles. The van der Waals surface area contributed by atoms with Crippen LogP contribution in [-0.4, -0.2) is 39.8 Å². The van der Waals surface area contributed by atoms with Crippen LogP contribution in [0.2, 0.25) is 0 Å². The molecule has 0 saturated carbocycles. The first-order valence-corrected chi connectivity index (χ1v) is 7.18. The van der Waals surface area contributed by atoms with E-state index in [0.717, 1.165) is 15.9 Å². The van der Waals surface area contributed by atoms with Crippen LogP contribution >= 0.6 is 27.5 Å². The van der Waals surface area contributed by atoms with E-state index in [1.165, 1.54) is 4.90 Å². The summed E-state index contributed by atoms with van der Waals surface area (Å²) in [6.45, 7) is 3.71. The summed E-state index contributed by atoms with van der Waals surface area (Å²) < 4.78 is 40.0. The zero-order valence-electron chi connectivity index (χ0n) is 10.8. The van der Waals surface area contributed by atoms with Gasteiger partial charge in [-0.3, -0.25) is 9.58 Å². The Morgan fingerprint density at radius 3 is 2.53 bits per heavy atom. The van der Waals surface area contributed by atoms with Crippen molar-refractivity contribution in [2.75, 3.05) is 19.0 Å². The summed E-state index contributed by atoms with van der Waals surface area (Å²) >= 11 is 8.94. The summed E-state index contributed by atoms with van der Waals surface area (Å²) in [5, 5.41) is 4.27. The normalized spacial score (nSPS) is 12.4. The lowest BCUT2D eigenvalue weighted by Gasteiger charge is -2.23. The molecule has 0 saturated heterocycles. The summed E-state index contributed by atoms with van der Waals surface area (Å²) in [5.74, 6) is 0.160. The lowest BCUT2D eigenvalue weighted by atomic mass is 10.3. The molecule has 0 spiro atoms. The van der Waals surface area contributed by atoms with Crippen LogP contribution in [0, 0.1) is 6.92 Å². The number of aryl methyl sites for hydroxylation is 2. The van der Waals surface area contributed by atoms with Crippen LogP contribution in [0.15, 0.2) is 4.47 Å². The van der Waals surface area contributed by atoms with Gasteiger partial charge in [-0.2, -0.15) is 18.3 Å². The van der Waals surface area contributed by atoms with Crippen molar-refractivity contribution < 1.29 is 13.2 Å². The Labute approximate surface area is 123 Å². The van der Waals surface area contributed by atoms with Gasteiger partial charge in [-0.1, -0.05) is 0 Å². The van der Waals surface area contributed by atoms with Gasteiger partial charge in [0.05, 0.1) is 22.4 Å². The van der Waals surface area contributed by atoms with E-state index in [4.69, 9.17) is 11.6 Å². The van der Waals surface area contributed by atoms with E-state index in [2.05, 4.69) is 21.0 Å². The number of rotatable bonds is 6. The predicted octanol–water partition coefficient (Wildman–Crippen LogP) is 3.58. The van der Waals surface area contributed by atoms with Crippen molar-refractivity contribution in [3.05, 3.63) is 15.9 Å². The molecule has 1 rings (SSSR count). The van der Waals surface area contributed by atoms with Gasteiger partial charge in [0.15, 0.2) is 0 Å². The molecule has 0 amide bonds. The molecule has 8 heteroatoms. The highest BCUT2D eigenvalue weighted by molar-refractivity contribution is 9.10. The second kappa shape index (κ2) is 6.95. The summed E-state index contributed by atoms with van der Waals surface area (Å²) in [6, 6.07) is 0. The zero-order valence-corrected chi connectivity index (χ0v) is 13.1. The summed E-state index contributed by atoms with van der Waals surface area (Å²) in [6.07, 6.45) is -4.23. The van der Waals surface area contributed by atoms with Gasteiger partial charge in [0.2, 0.25) is 0 Å². The lowest BCUT2D eigenvalue weighted by molar-refractivity contribution is -0.146. The average Bonchev–Trinajstić information content (AvgIpc) is 2.55. The number of aromatic nitrogens is 2. The van der Waals surface area contributed by atoms with Gasteiger partial charge < -0.3 is 0 Å². The molecule has 0 fully saturated rings. The molecule has 1 aromatic heterocycles. The molecule has 1 aromatic rings. The molecule has 0 aliphatic rings. The zero-order chi connectivity index (χ0) is 14.6. The fraction of sp³-hybridized carbons (Fsp3) is 0.727. The molecule has 19 heavy (non-hydrogen) atoms. The first-order valence-electron chi connectivity index (χ1n) is 5.85. The number of nitrogens with zero attached hydrogens (tertiary/aromatic N) is 3. The number of hydrogen-bond donors (Lipinski definition) is 0. The Kier molecular flexibility index (Phi) is 6.14. The molecule has 0 N–H and O–H groups in total. The molecule has 1 heterocycles. The van der Waals surface area contributed by atoms with Gasteiger partial charge in [0.1, 0.15) is 0 Å². The first kappa shape index (κ1) is 16.8. The summed E-state index contributed by atoms with van der Waals surface area (Å²) in [7, 11) is 0. The molecule has 0 aromatic carbocycles. The first-order chi connectivity index (χ1) is 8.78. The van der Waals surface area contributed by atoms with Crippen molar-refractivity contribution in [1.82, 2.24) is 14.7 Å². The Hall–Kier alpha value is -0.270. The maximum atomic E-state index is 12.5. The van der Waals surface area contributed by atoms with Gasteiger partial charge >= 0.3 is 6.18 Å². The van der Waals surface area contributed by atoms with Crippen molar-refractivity contribution in [3.8, 4) is 0 Å². The van der Waals surface area contributed by atoms with Crippen molar-refractivity contribution >= 4 is 27.5 Å². The summed E-state index contributed by atoms with van der Waals surface area (Å²) in [5.41, 5.74) is 1.52. The van der Waals surface area contributed by atoms with Crippen molar-refractivity contribution in [2.24, 2.45) is 0 Å². The monoisotopic (exact) mass is 361 g/mol. The largest absolute Gasteiger partial charge is 0.401 e. The predicted molar refractivity (Wildman–Crippen MR) is 72.4 cm³/mol. The third-order valence-corrected chi connectivity index (χ3v) is 3.83. The van der Waals surface area contributed by atoms with Crippen molar-refractivity contribution in [3.63, 3.8) is 0 Å². The minimum atomic E-state index is -4.23. The van der Waals surface area contributed by atoms with Crippen LogP contribution < -0.4 is 0 Å². The van der Waals surface area contributed by atoms with Gasteiger partial charge in [0.25, 0.3) is 0 Å². The minimum Gasteiger partial charge on any atom is -0.288 e. The standard InChI is InChI=1S/C11H16BrClF3N3/c1-3-19-9(10(12)8(2)17-19)6-18(5-4-13)7-11(14,15)16/h3-7H2,1-2H3. The van der Waals surface area contributed by atoms with Gasteiger partial charge in [0, 0.05) is 25.5 Å². The molecular formula is C11H16BrClF3N3. The third-order valence-electron chi connectivity index (χ3n) is 2.63. The maximum Gasteiger partial charge on any atom is 0.401 e. The van der Waals surface area contributed by atoms with E-state index >= 15 is 0 Å². The van der Waals surface area contributed by atoms with Gasteiger partial charge in [-0.25, -0.2) is 0 Å². The Morgan fingerprint density at radius 2 is 2.05 bits per heavy atom. The Morgan fingerprint density at radius 1 is 1.42 bits per heavy atom. The third kappa shape index (κ3) is 4.96. The summed E-state index contributed by atoms with van der Waals surface area (Å²) in [4.78, 5) is 1.28. The van der Waals surface area contributed by atoms with Crippen LogP contribution in [-0.2, 0) is 13.1 Å². The second-order valence-electron chi connectivity index (χ2n) is 4.18. The Bertz CT molecular complexity index is 420. The van der Waals surface area contributed by atoms with Gasteiger partial charge in [-0.15, -0.1) is 11.6 Å². The second-order valence-corrected chi connectivity index (χ2v) is 5.35. The molecule has 0 unspecified atom stereocenters. The average molecular weight is 363 g/mol. The SMILES string of the molecule is CCn1nc(C)c(Br)c1CN(CCCl)CC(F)(F)F. The lowest BCUT2D eigenvalue weighted by Crippen LogP contribution is -2.35. The van der Waals surface area contributed by atoms with E-state index < -0.39 is 12.7 Å². The van der Waals surface area contributed by atoms with E-state index in [1.807, 2.05) is 13.8 Å². The molecule has 0 aliphatic heterocycles. The van der Waals surface area contributed by atoms with Crippen LogP contribution in [0.1, 0.15) is 18.3 Å². The molecule has 110 valence electrons. The van der Waals surface area contributed by atoms with E-state index in [-0.39, 0.29) is 19.0 Å². The van der Waals surface area contributed by atoms with Crippen LogP contribution in [0.3, 0.4) is 0 Å². The number of halogens is 5. The highest BCUT2D eigenvalue weighted by Crippen LogP contribution is 2.24. The molecular weight excluding hydrogens is 346 g/mol. The highest BCUT2D eigenvalue weighted by atomic mass is 79.9. The fourth-order valence-corrected chi connectivity index (χ4v) is 2.47. The number of alkyl halides is 4. The highest BCUT2D eigenvalue weighted by Gasteiger charge is 2.31. The van der Waals surface area contributed by atoms with Crippen molar-refractivity contribution in [2.45, 2.75) is 33.1 Å². The van der Waals surface area contributed by atoms with Gasteiger partial charge in [-0.05, 0) is 29.8 Å². The van der Waals surface area contributed by atoms with Crippen LogP contribution in [0.5, 0.6) is 0 Å². The van der Waals surface area contributed by atoms with Crippen LogP contribution in [0.25, 0.3) is 0 Å². The van der Waals surface area contributed by atoms with E-state index in [1.54, 1.807) is 4.68 Å². The molecule has 0 bridgehead atoms. The molecule has 0 atom stereocenters. The molecule has 0 radical (unpaired) electrons. The van der Waals surface area contributed by atoms with Crippen molar-refractivity contribution in [1.29, 1.82) is 0 Å². The van der Waals surface area contributed by atoms with E-state index in [9.17, 15) is 13.2 Å². The topological polar surface area (TPSA) is 21.1 Å². The van der Waals surface area contributed by atoms with Crippen LogP contribution in [0.4, 0.5) is 13.2 Å². The maximum absolute atomic E-state index is 12.5. The Balaban J connectivity index is 2.90. The molecule has 3 nitrogen and oxygen atoms in total. The fourth-order valence-electron chi connectivity index (χ4n) is 1.82. The number of hydrogen-bond acceptors (Lipinski definition) is 2. The quantitative estimate of drug-likeness (QED) is 0.721. The van der Waals surface area contributed by atoms with E-state index in [0.29, 0.717) is 6.54 Å². The minimum absolute atomic E-state index is 0.160.